The number of hydrogen-bond acceptors (Lipinski definition) is 3. The van der Waals surface area contributed by atoms with E-state index in [-0.39, 0.29) is 5.91 Å². The number of carboxylic acids is 1. The lowest BCUT2D eigenvalue weighted by Crippen LogP contribution is -2.47. The zero-order chi connectivity index (χ0) is 15.6. The third-order valence-electron chi connectivity index (χ3n) is 3.85. The highest BCUT2D eigenvalue weighted by Gasteiger charge is 2.33. The molecule has 5 nitrogen and oxygen atoms in total. The molecule has 0 bridgehead atoms. The maximum absolute atomic E-state index is 12.5. The second-order valence-corrected chi connectivity index (χ2v) is 5.96. The molecule has 3 N–H and O–H groups in total. The fourth-order valence-electron chi connectivity index (χ4n) is 2.86. The largest absolute Gasteiger partial charge is 0.481 e. The number of nitrogens with zero attached hydrogens (tertiary/aromatic N) is 1. The number of amides is 1. The fraction of sp³-hybridized carbons (Fsp3) is 0.500. The molecule has 0 saturated heterocycles. The predicted molar refractivity (Wildman–Crippen MR) is 81.2 cm³/mol. The topological polar surface area (TPSA) is 83.6 Å². The minimum Gasteiger partial charge on any atom is -0.481 e. The van der Waals surface area contributed by atoms with Gasteiger partial charge in [0.2, 0.25) is 5.91 Å². The van der Waals surface area contributed by atoms with Crippen LogP contribution in [0.4, 0.5) is 5.69 Å². The van der Waals surface area contributed by atoms with E-state index in [2.05, 4.69) is 0 Å². The van der Waals surface area contributed by atoms with Crippen LogP contribution in [-0.2, 0) is 9.59 Å². The van der Waals surface area contributed by atoms with E-state index in [1.54, 1.807) is 23.1 Å². The van der Waals surface area contributed by atoms with Gasteiger partial charge in [-0.15, -0.1) is 0 Å². The molecule has 1 aromatic rings. The number of rotatable bonds is 4. The van der Waals surface area contributed by atoms with E-state index >= 15 is 0 Å². The minimum atomic E-state index is -0.846. The van der Waals surface area contributed by atoms with E-state index in [1.165, 1.54) is 0 Å². The van der Waals surface area contributed by atoms with E-state index in [0.717, 1.165) is 0 Å². The van der Waals surface area contributed by atoms with Crippen molar-refractivity contribution < 1.29 is 14.7 Å². The molecule has 0 fully saturated rings. The fourth-order valence-corrected chi connectivity index (χ4v) is 2.86. The first-order valence-corrected chi connectivity index (χ1v) is 7.30. The van der Waals surface area contributed by atoms with Crippen LogP contribution in [0, 0.1) is 5.92 Å². The number of carbonyl (C=O) groups is 2. The first-order chi connectivity index (χ1) is 9.91. The second-order valence-electron chi connectivity index (χ2n) is 5.96. The Morgan fingerprint density at radius 3 is 2.67 bits per heavy atom. The zero-order valence-electron chi connectivity index (χ0n) is 12.5. The van der Waals surface area contributed by atoms with Gasteiger partial charge in [-0.2, -0.15) is 0 Å². The highest BCUT2D eigenvalue weighted by molar-refractivity contribution is 5.99. The Morgan fingerprint density at radius 2 is 2.05 bits per heavy atom. The van der Waals surface area contributed by atoms with Gasteiger partial charge < -0.3 is 15.7 Å². The second kappa shape index (κ2) is 6.26. The van der Waals surface area contributed by atoms with Gasteiger partial charge in [0, 0.05) is 12.2 Å². The molecule has 1 heterocycles. The van der Waals surface area contributed by atoms with Gasteiger partial charge in [-0.05, 0) is 30.4 Å². The number of nitrogens with two attached hydrogens (primary N) is 1. The van der Waals surface area contributed by atoms with Crippen LogP contribution >= 0.6 is 0 Å². The maximum atomic E-state index is 12.5. The summed E-state index contributed by atoms with van der Waals surface area (Å²) in [6.45, 7) is 4.45. The highest BCUT2D eigenvalue weighted by Crippen LogP contribution is 2.35. The highest BCUT2D eigenvalue weighted by atomic mass is 16.4. The molecule has 0 radical (unpaired) electrons. The Morgan fingerprint density at radius 1 is 1.38 bits per heavy atom. The summed E-state index contributed by atoms with van der Waals surface area (Å²) in [6.07, 6.45) is 1.05. The van der Waals surface area contributed by atoms with Crippen molar-refractivity contribution in [2.45, 2.75) is 38.6 Å². The van der Waals surface area contributed by atoms with Crippen molar-refractivity contribution in [3.63, 3.8) is 0 Å². The first-order valence-electron chi connectivity index (χ1n) is 7.30. The maximum Gasteiger partial charge on any atom is 0.311 e. The van der Waals surface area contributed by atoms with E-state index in [1.807, 2.05) is 19.9 Å². The molecule has 2 atom stereocenters. The van der Waals surface area contributed by atoms with Gasteiger partial charge in [0.1, 0.15) is 0 Å². The van der Waals surface area contributed by atoms with Crippen LogP contribution in [0.15, 0.2) is 24.3 Å². The molecule has 5 heteroatoms. The van der Waals surface area contributed by atoms with E-state index in [4.69, 9.17) is 5.73 Å². The summed E-state index contributed by atoms with van der Waals surface area (Å²) < 4.78 is 0. The molecule has 2 rings (SSSR count). The van der Waals surface area contributed by atoms with Crippen molar-refractivity contribution in [2.75, 3.05) is 11.4 Å². The Bertz CT molecular complexity index is 542. The molecule has 1 unspecified atom stereocenters. The average molecular weight is 290 g/mol. The molecule has 1 aliphatic rings. The standard InChI is InChI=1S/C16H22N2O3/c1-10(2)9-13(17)15(19)18-8-7-12(16(20)21)11-5-3-4-6-14(11)18/h3-6,10,12-13H,7-9,17H2,1-2H3,(H,20,21)/t12?,13-/m1/s1. The summed E-state index contributed by atoms with van der Waals surface area (Å²) in [5.41, 5.74) is 7.37. The molecule has 1 amide bonds. The minimum absolute atomic E-state index is 0.125. The number of aliphatic carboxylic acids is 1. The quantitative estimate of drug-likeness (QED) is 0.888. The van der Waals surface area contributed by atoms with E-state index in [0.29, 0.717) is 36.6 Å². The van der Waals surface area contributed by atoms with Crippen molar-refractivity contribution in [1.29, 1.82) is 0 Å². The van der Waals surface area contributed by atoms with Gasteiger partial charge in [-0.1, -0.05) is 32.0 Å². The number of fused-ring (bicyclic) bond motifs is 1. The lowest BCUT2D eigenvalue weighted by atomic mass is 9.89. The summed E-state index contributed by atoms with van der Waals surface area (Å²) in [5, 5.41) is 9.31. The van der Waals surface area contributed by atoms with Crippen LogP contribution in [0.3, 0.4) is 0 Å². The normalized spacial score (nSPS) is 19.2. The molecule has 0 aliphatic carbocycles. The third kappa shape index (κ3) is 3.24. The Labute approximate surface area is 124 Å². The van der Waals surface area contributed by atoms with Crippen molar-refractivity contribution in [2.24, 2.45) is 11.7 Å². The van der Waals surface area contributed by atoms with Crippen LogP contribution < -0.4 is 10.6 Å². The molecule has 21 heavy (non-hydrogen) atoms. The van der Waals surface area contributed by atoms with Gasteiger partial charge in [-0.25, -0.2) is 0 Å². The Hall–Kier alpha value is -1.88. The number of carboxylic acid groups (broad SMARTS) is 1. The van der Waals surface area contributed by atoms with Crippen molar-refractivity contribution in [3.05, 3.63) is 29.8 Å². The van der Waals surface area contributed by atoms with Crippen LogP contribution in [0.25, 0.3) is 0 Å². The smallest absolute Gasteiger partial charge is 0.311 e. The molecule has 114 valence electrons. The molecule has 0 spiro atoms. The van der Waals surface area contributed by atoms with Crippen molar-refractivity contribution in [3.8, 4) is 0 Å². The van der Waals surface area contributed by atoms with Gasteiger partial charge in [-0.3, -0.25) is 9.59 Å². The molecular weight excluding hydrogens is 268 g/mol. The van der Waals surface area contributed by atoms with E-state index < -0.39 is 17.9 Å². The zero-order valence-corrected chi connectivity index (χ0v) is 12.5. The van der Waals surface area contributed by atoms with Crippen LogP contribution in [0.5, 0.6) is 0 Å². The SMILES string of the molecule is CC(C)C[C@@H](N)C(=O)N1CCC(C(=O)O)c2ccccc21. The van der Waals surface area contributed by atoms with Crippen molar-refractivity contribution in [1.82, 2.24) is 0 Å². The van der Waals surface area contributed by atoms with Crippen LogP contribution in [-0.4, -0.2) is 29.6 Å². The summed E-state index contributed by atoms with van der Waals surface area (Å²) in [4.78, 5) is 25.5. The molecule has 0 aromatic heterocycles. The number of anilines is 1. The van der Waals surface area contributed by atoms with Crippen LogP contribution in [0.2, 0.25) is 0 Å². The molecule has 1 aliphatic heterocycles. The average Bonchev–Trinajstić information content (AvgIpc) is 2.44. The first kappa shape index (κ1) is 15.5. The third-order valence-corrected chi connectivity index (χ3v) is 3.85. The van der Waals surface area contributed by atoms with Gasteiger partial charge in [0.15, 0.2) is 0 Å². The predicted octanol–water partition coefficient (Wildman–Crippen LogP) is 1.96. The molecule has 0 saturated carbocycles. The summed E-state index contributed by atoms with van der Waals surface area (Å²) in [7, 11) is 0. The number of carbonyl (C=O) groups excluding carboxylic acids is 1. The number of para-hydroxylation sites is 1. The Balaban J connectivity index is 2.29. The van der Waals surface area contributed by atoms with E-state index in [9.17, 15) is 14.7 Å². The Kier molecular flexibility index (Phi) is 4.63. The number of hydrogen-bond donors (Lipinski definition) is 2. The monoisotopic (exact) mass is 290 g/mol. The number of benzene rings is 1. The van der Waals surface area contributed by atoms with Gasteiger partial charge in [0.05, 0.1) is 12.0 Å². The molecular formula is C16H22N2O3. The summed E-state index contributed by atoms with van der Waals surface area (Å²) in [6, 6.07) is 6.65. The van der Waals surface area contributed by atoms with Crippen LogP contribution in [0.1, 0.15) is 38.2 Å². The summed E-state index contributed by atoms with van der Waals surface area (Å²) >= 11 is 0. The lowest BCUT2D eigenvalue weighted by Gasteiger charge is -2.34. The van der Waals surface area contributed by atoms with Crippen molar-refractivity contribution >= 4 is 17.6 Å². The lowest BCUT2D eigenvalue weighted by molar-refractivity contribution is -0.139. The molecule has 1 aromatic carbocycles. The van der Waals surface area contributed by atoms with Gasteiger partial charge >= 0.3 is 5.97 Å². The van der Waals surface area contributed by atoms with Gasteiger partial charge in [0.25, 0.3) is 0 Å². The summed E-state index contributed by atoms with van der Waals surface area (Å²) in [5.74, 6) is -1.18.